The number of hydrogen-bond acceptors (Lipinski definition) is 4. The smallest absolute Gasteiger partial charge is 0.160 e. The highest BCUT2D eigenvalue weighted by Crippen LogP contribution is 2.33. The van der Waals surface area contributed by atoms with Crippen LogP contribution in [0.25, 0.3) is 44.6 Å². The zero-order valence-corrected chi connectivity index (χ0v) is 15.0. The van der Waals surface area contributed by atoms with Crippen LogP contribution < -0.4 is 0 Å². The van der Waals surface area contributed by atoms with Crippen LogP contribution in [-0.2, 0) is 6.54 Å². The van der Waals surface area contributed by atoms with E-state index in [2.05, 4.69) is 16.5 Å². The molecule has 0 unspecified atom stereocenters. The Morgan fingerprint density at radius 1 is 0.926 bits per heavy atom. The number of aliphatic hydroxyl groups is 1. The van der Waals surface area contributed by atoms with E-state index >= 15 is 0 Å². The van der Waals surface area contributed by atoms with Crippen LogP contribution in [0.2, 0.25) is 0 Å². The van der Waals surface area contributed by atoms with Gasteiger partial charge in [-0.2, -0.15) is 0 Å². The first kappa shape index (κ1) is 16.0. The van der Waals surface area contributed by atoms with Gasteiger partial charge in [-0.3, -0.25) is 0 Å². The number of benzene rings is 2. The number of nitrogens with one attached hydrogen (secondary N) is 1. The number of hydrogen-bond donors (Lipinski definition) is 2. The Balaban J connectivity index is 1.84. The molecule has 27 heavy (non-hydrogen) atoms. The van der Waals surface area contributed by atoms with Gasteiger partial charge in [0.25, 0.3) is 0 Å². The predicted octanol–water partition coefficient (Wildman–Crippen LogP) is 3.82. The number of aromatic amines is 1. The quantitative estimate of drug-likeness (QED) is 0.512. The van der Waals surface area contributed by atoms with Gasteiger partial charge in [0.1, 0.15) is 11.3 Å². The molecule has 3 aromatic heterocycles. The van der Waals surface area contributed by atoms with Gasteiger partial charge >= 0.3 is 0 Å². The summed E-state index contributed by atoms with van der Waals surface area (Å²) in [6, 6.07) is 15.9. The lowest BCUT2D eigenvalue weighted by molar-refractivity contribution is 0.280. The molecule has 0 fully saturated rings. The van der Waals surface area contributed by atoms with Crippen molar-refractivity contribution >= 4 is 33.2 Å². The predicted molar refractivity (Wildman–Crippen MR) is 107 cm³/mol. The van der Waals surface area contributed by atoms with Gasteiger partial charge in [0, 0.05) is 18.8 Å². The second kappa shape index (κ2) is 6.17. The Morgan fingerprint density at radius 3 is 2.37 bits per heavy atom. The molecule has 0 spiro atoms. The minimum atomic E-state index is 0.139. The van der Waals surface area contributed by atoms with Crippen LogP contribution in [0, 0.1) is 6.92 Å². The molecule has 6 nitrogen and oxygen atoms in total. The van der Waals surface area contributed by atoms with Crippen molar-refractivity contribution in [3.8, 4) is 11.4 Å². The van der Waals surface area contributed by atoms with Crippen molar-refractivity contribution in [1.29, 1.82) is 0 Å². The van der Waals surface area contributed by atoms with Gasteiger partial charge in [0.15, 0.2) is 5.65 Å². The number of aryl methyl sites for hydroxylation is 1. The molecular formula is C21H19N5O. The molecule has 0 aliphatic heterocycles. The molecule has 2 N–H and O–H groups in total. The number of H-pyrrole nitrogens is 1. The minimum Gasteiger partial charge on any atom is -0.396 e. The summed E-state index contributed by atoms with van der Waals surface area (Å²) in [5, 5.41) is 9.31. The molecule has 0 saturated heterocycles. The first-order valence-electron chi connectivity index (χ1n) is 9.08. The zero-order chi connectivity index (χ0) is 18.4. The molecule has 0 bridgehead atoms. The number of rotatable bonds is 4. The Hall–Kier alpha value is -3.25. The lowest BCUT2D eigenvalue weighted by Crippen LogP contribution is -2.03. The Morgan fingerprint density at radius 2 is 1.63 bits per heavy atom. The third kappa shape index (κ3) is 2.49. The van der Waals surface area contributed by atoms with E-state index in [0.29, 0.717) is 13.0 Å². The van der Waals surface area contributed by atoms with E-state index in [1.165, 1.54) is 0 Å². The highest BCUT2D eigenvalue weighted by atomic mass is 16.3. The van der Waals surface area contributed by atoms with Crippen molar-refractivity contribution in [1.82, 2.24) is 24.5 Å². The van der Waals surface area contributed by atoms with E-state index < -0.39 is 0 Å². The molecule has 0 radical (unpaired) electrons. The first-order valence-corrected chi connectivity index (χ1v) is 9.08. The fraction of sp³-hybridized carbons (Fsp3) is 0.190. The molecule has 0 atom stereocenters. The summed E-state index contributed by atoms with van der Waals surface area (Å²) in [6.45, 7) is 2.89. The fourth-order valence-corrected chi connectivity index (χ4v) is 3.67. The number of imidazole rings is 1. The fourth-order valence-electron chi connectivity index (χ4n) is 3.67. The van der Waals surface area contributed by atoms with Crippen LogP contribution in [0.5, 0.6) is 0 Å². The molecule has 0 saturated carbocycles. The van der Waals surface area contributed by atoms with Crippen LogP contribution in [-0.4, -0.2) is 36.2 Å². The zero-order valence-electron chi connectivity index (χ0n) is 15.0. The molecule has 6 heteroatoms. The van der Waals surface area contributed by atoms with Gasteiger partial charge < -0.3 is 14.7 Å². The van der Waals surface area contributed by atoms with E-state index in [4.69, 9.17) is 15.0 Å². The normalized spacial score (nSPS) is 11.8. The van der Waals surface area contributed by atoms with Gasteiger partial charge in [-0.25, -0.2) is 15.0 Å². The first-order chi connectivity index (χ1) is 13.3. The van der Waals surface area contributed by atoms with E-state index in [1.54, 1.807) is 0 Å². The average molecular weight is 357 g/mol. The van der Waals surface area contributed by atoms with Crippen molar-refractivity contribution in [2.45, 2.75) is 19.9 Å². The summed E-state index contributed by atoms with van der Waals surface area (Å²) in [6.07, 6.45) is 0.665. The van der Waals surface area contributed by atoms with Crippen LogP contribution in [0.1, 0.15) is 12.1 Å². The summed E-state index contributed by atoms with van der Waals surface area (Å²) in [5.74, 6) is 0.797. The monoisotopic (exact) mass is 357 g/mol. The Bertz CT molecular complexity index is 1250. The largest absolute Gasteiger partial charge is 0.396 e. The highest BCUT2D eigenvalue weighted by Gasteiger charge is 2.21. The van der Waals surface area contributed by atoms with E-state index in [-0.39, 0.29) is 6.61 Å². The number of fused-ring (bicyclic) bond motifs is 3. The lowest BCUT2D eigenvalue weighted by atomic mass is 10.2. The van der Waals surface area contributed by atoms with Crippen molar-refractivity contribution in [2.75, 3.05) is 6.61 Å². The number of aromatic nitrogens is 5. The maximum absolute atomic E-state index is 9.31. The lowest BCUT2D eigenvalue weighted by Gasteiger charge is -2.06. The molecule has 0 aliphatic rings. The number of para-hydroxylation sites is 4. The molecule has 5 aromatic rings. The van der Waals surface area contributed by atoms with E-state index in [9.17, 15) is 5.11 Å². The van der Waals surface area contributed by atoms with Gasteiger partial charge in [-0.05, 0) is 37.6 Å². The summed E-state index contributed by atoms with van der Waals surface area (Å²) in [5.41, 5.74) is 7.34. The summed E-state index contributed by atoms with van der Waals surface area (Å²) in [4.78, 5) is 18.0. The minimum absolute atomic E-state index is 0.139. The summed E-state index contributed by atoms with van der Waals surface area (Å²) >= 11 is 0. The standard InChI is InChI=1S/C21H19N5O/c1-13-18(20-23-15-8-3-4-9-16(15)24-20)19-21(26(13)11-6-12-27)25-17-10-5-2-7-14(17)22-19/h2-5,7-10,27H,6,11-12H2,1H3,(H,23,24). The van der Waals surface area contributed by atoms with Crippen LogP contribution in [0.3, 0.4) is 0 Å². The van der Waals surface area contributed by atoms with Gasteiger partial charge in [-0.1, -0.05) is 24.3 Å². The molecule has 3 heterocycles. The summed E-state index contributed by atoms with van der Waals surface area (Å²) in [7, 11) is 0. The van der Waals surface area contributed by atoms with Crippen LogP contribution in [0.15, 0.2) is 48.5 Å². The maximum atomic E-state index is 9.31. The van der Waals surface area contributed by atoms with Gasteiger partial charge in [0.05, 0.1) is 27.6 Å². The van der Waals surface area contributed by atoms with Crippen molar-refractivity contribution in [2.24, 2.45) is 0 Å². The maximum Gasteiger partial charge on any atom is 0.160 e. The average Bonchev–Trinajstić information content (AvgIpc) is 3.22. The van der Waals surface area contributed by atoms with E-state index in [0.717, 1.165) is 50.3 Å². The number of nitrogens with zero attached hydrogens (tertiary/aromatic N) is 4. The Labute approximate surface area is 155 Å². The molecule has 5 rings (SSSR count). The van der Waals surface area contributed by atoms with E-state index in [1.807, 2.05) is 48.5 Å². The SMILES string of the molecule is Cc1c(-c2nc3ccccc3[nH]2)c2nc3ccccc3nc2n1CCCO. The molecule has 2 aromatic carbocycles. The van der Waals surface area contributed by atoms with Gasteiger partial charge in [-0.15, -0.1) is 0 Å². The van der Waals surface area contributed by atoms with Crippen molar-refractivity contribution < 1.29 is 5.11 Å². The number of aliphatic hydroxyl groups excluding tert-OH is 1. The molecular weight excluding hydrogens is 338 g/mol. The van der Waals surface area contributed by atoms with Gasteiger partial charge in [0.2, 0.25) is 0 Å². The Kier molecular flexibility index (Phi) is 3.65. The van der Waals surface area contributed by atoms with Crippen molar-refractivity contribution in [3.05, 3.63) is 54.2 Å². The van der Waals surface area contributed by atoms with Crippen LogP contribution >= 0.6 is 0 Å². The molecule has 0 aliphatic carbocycles. The molecule has 134 valence electrons. The topological polar surface area (TPSA) is 79.6 Å². The highest BCUT2D eigenvalue weighted by molar-refractivity contribution is 5.97. The third-order valence-corrected chi connectivity index (χ3v) is 4.98. The second-order valence-corrected chi connectivity index (χ2v) is 6.68. The molecule has 0 amide bonds. The summed E-state index contributed by atoms with van der Waals surface area (Å²) < 4.78 is 2.13. The second-order valence-electron chi connectivity index (χ2n) is 6.68. The third-order valence-electron chi connectivity index (χ3n) is 4.98. The van der Waals surface area contributed by atoms with Crippen molar-refractivity contribution in [3.63, 3.8) is 0 Å². The van der Waals surface area contributed by atoms with Crippen LogP contribution in [0.4, 0.5) is 0 Å².